The van der Waals surface area contributed by atoms with Crippen LogP contribution in [0.5, 0.6) is 0 Å². The van der Waals surface area contributed by atoms with E-state index in [1.54, 1.807) is 13.2 Å². The van der Waals surface area contributed by atoms with Crippen molar-refractivity contribution in [1.29, 1.82) is 0 Å². The van der Waals surface area contributed by atoms with E-state index in [2.05, 4.69) is 16.0 Å². The normalized spacial score (nSPS) is 17.4. The third-order valence-corrected chi connectivity index (χ3v) is 5.27. The van der Waals surface area contributed by atoms with Gasteiger partial charge in [-0.25, -0.2) is 0 Å². The summed E-state index contributed by atoms with van der Waals surface area (Å²) in [5.74, 6) is -0.369. The van der Waals surface area contributed by atoms with Gasteiger partial charge in [-0.15, -0.1) is 0 Å². The van der Waals surface area contributed by atoms with Gasteiger partial charge in [-0.2, -0.15) is 0 Å². The molecule has 27 heavy (non-hydrogen) atoms. The zero-order chi connectivity index (χ0) is 19.9. The molecule has 1 fully saturated rings. The van der Waals surface area contributed by atoms with Crippen molar-refractivity contribution in [3.8, 4) is 0 Å². The van der Waals surface area contributed by atoms with Crippen LogP contribution in [0.4, 0.5) is 0 Å². The molecule has 1 saturated heterocycles. The van der Waals surface area contributed by atoms with Crippen molar-refractivity contribution in [3.05, 3.63) is 35.4 Å². The van der Waals surface area contributed by atoms with Gasteiger partial charge in [0.1, 0.15) is 6.04 Å². The molecule has 0 aromatic heterocycles. The largest absolute Gasteiger partial charge is 0.384 e. The van der Waals surface area contributed by atoms with Crippen LogP contribution in [-0.4, -0.2) is 51.2 Å². The molecule has 6 nitrogen and oxygen atoms in total. The fourth-order valence-electron chi connectivity index (χ4n) is 3.57. The fraction of sp³-hybridized carbons (Fsp3) is 0.619. The molecule has 1 heterocycles. The minimum atomic E-state index is -0.570. The van der Waals surface area contributed by atoms with Gasteiger partial charge < -0.3 is 20.7 Å². The van der Waals surface area contributed by atoms with E-state index in [0.717, 1.165) is 31.5 Å². The Morgan fingerprint density at radius 1 is 1.26 bits per heavy atom. The number of rotatable bonds is 8. The van der Waals surface area contributed by atoms with Gasteiger partial charge in [-0.1, -0.05) is 31.5 Å². The van der Waals surface area contributed by atoms with Crippen LogP contribution >= 0.6 is 0 Å². The van der Waals surface area contributed by atoms with Gasteiger partial charge in [0, 0.05) is 24.6 Å². The van der Waals surface area contributed by atoms with Crippen LogP contribution in [0.15, 0.2) is 24.3 Å². The topological polar surface area (TPSA) is 79.5 Å². The molecule has 1 atom stereocenters. The highest BCUT2D eigenvalue weighted by molar-refractivity contribution is 5.97. The molecule has 0 aliphatic carbocycles. The van der Waals surface area contributed by atoms with Crippen LogP contribution in [0.3, 0.4) is 0 Å². The summed E-state index contributed by atoms with van der Waals surface area (Å²) in [5, 5.41) is 9.31. The van der Waals surface area contributed by atoms with Crippen LogP contribution in [-0.2, 0) is 9.53 Å². The van der Waals surface area contributed by atoms with Crippen LogP contribution in [0.2, 0.25) is 0 Å². The Morgan fingerprint density at radius 3 is 2.56 bits per heavy atom. The van der Waals surface area contributed by atoms with Gasteiger partial charge >= 0.3 is 0 Å². The molecule has 1 aromatic rings. The van der Waals surface area contributed by atoms with E-state index in [4.69, 9.17) is 4.74 Å². The first-order valence-corrected chi connectivity index (χ1v) is 9.72. The molecular formula is C21H33N3O3. The fourth-order valence-corrected chi connectivity index (χ4v) is 3.57. The molecule has 6 heteroatoms. The van der Waals surface area contributed by atoms with Crippen molar-refractivity contribution in [1.82, 2.24) is 16.0 Å². The first-order valence-electron chi connectivity index (χ1n) is 9.72. The number of aryl methyl sites for hydroxylation is 1. The Bertz CT molecular complexity index is 634. The molecule has 0 spiro atoms. The summed E-state index contributed by atoms with van der Waals surface area (Å²) in [7, 11) is 1.70. The highest BCUT2D eigenvalue weighted by atomic mass is 16.5. The number of carbonyl (C=O) groups excluding carboxylic acids is 2. The predicted molar refractivity (Wildman–Crippen MR) is 107 cm³/mol. The molecule has 0 radical (unpaired) electrons. The van der Waals surface area contributed by atoms with Gasteiger partial charge in [0.05, 0.1) is 6.61 Å². The van der Waals surface area contributed by atoms with E-state index in [9.17, 15) is 9.59 Å². The number of hydrogen-bond acceptors (Lipinski definition) is 4. The van der Waals surface area contributed by atoms with E-state index in [-0.39, 0.29) is 23.1 Å². The summed E-state index contributed by atoms with van der Waals surface area (Å²) in [6.45, 7) is 8.86. The monoisotopic (exact) mass is 375 g/mol. The van der Waals surface area contributed by atoms with Crippen molar-refractivity contribution in [3.63, 3.8) is 0 Å². The Balaban J connectivity index is 2.00. The molecule has 1 aliphatic rings. The maximum Gasteiger partial charge on any atom is 0.251 e. The Hall–Kier alpha value is -1.92. The zero-order valence-corrected chi connectivity index (χ0v) is 16.9. The zero-order valence-electron chi connectivity index (χ0n) is 16.9. The molecule has 2 amide bonds. The predicted octanol–water partition coefficient (Wildman–Crippen LogP) is 1.88. The minimum Gasteiger partial charge on any atom is -0.384 e. The second-order valence-electron chi connectivity index (χ2n) is 7.97. The lowest BCUT2D eigenvalue weighted by Crippen LogP contribution is -2.53. The van der Waals surface area contributed by atoms with Crippen LogP contribution in [0, 0.1) is 18.3 Å². The lowest BCUT2D eigenvalue weighted by atomic mass is 9.79. The van der Waals surface area contributed by atoms with E-state index >= 15 is 0 Å². The number of amides is 2. The highest BCUT2D eigenvalue weighted by Crippen LogP contribution is 2.28. The number of hydrogen-bond donors (Lipinski definition) is 3. The lowest BCUT2D eigenvalue weighted by molar-refractivity contribution is -0.124. The van der Waals surface area contributed by atoms with Crippen molar-refractivity contribution < 1.29 is 14.3 Å². The van der Waals surface area contributed by atoms with Gasteiger partial charge in [-0.05, 0) is 50.9 Å². The number of benzene rings is 1. The maximum atomic E-state index is 12.8. The first-order chi connectivity index (χ1) is 12.9. The molecule has 1 unspecified atom stereocenters. The first kappa shape index (κ1) is 21.4. The van der Waals surface area contributed by atoms with Gasteiger partial charge in [0.25, 0.3) is 5.91 Å². The van der Waals surface area contributed by atoms with Gasteiger partial charge in [-0.3, -0.25) is 9.59 Å². The number of carbonyl (C=O) groups is 2. The summed E-state index contributed by atoms with van der Waals surface area (Å²) in [6, 6.07) is 6.81. The number of methoxy groups -OCH3 is 1. The van der Waals surface area contributed by atoms with Crippen LogP contribution in [0.1, 0.15) is 42.6 Å². The smallest absolute Gasteiger partial charge is 0.251 e. The van der Waals surface area contributed by atoms with Gasteiger partial charge in [0.2, 0.25) is 5.91 Å². The average Bonchev–Trinajstić information content (AvgIpc) is 2.65. The number of nitrogens with one attached hydrogen (secondary N) is 3. The van der Waals surface area contributed by atoms with Crippen molar-refractivity contribution in [2.45, 2.75) is 39.7 Å². The van der Waals surface area contributed by atoms with E-state index in [0.29, 0.717) is 18.7 Å². The second kappa shape index (κ2) is 9.85. The Morgan fingerprint density at radius 2 is 1.96 bits per heavy atom. The molecule has 1 aromatic carbocycles. The molecule has 1 aliphatic heterocycles. The summed E-state index contributed by atoms with van der Waals surface area (Å²) in [5.41, 5.74) is 1.54. The van der Waals surface area contributed by atoms with Crippen LogP contribution in [0.25, 0.3) is 0 Å². The van der Waals surface area contributed by atoms with Crippen molar-refractivity contribution in [2.75, 3.05) is 33.4 Å². The maximum absolute atomic E-state index is 12.8. The van der Waals surface area contributed by atoms with Crippen molar-refractivity contribution >= 4 is 11.8 Å². The summed E-state index contributed by atoms with van der Waals surface area (Å²) < 4.78 is 5.41. The van der Waals surface area contributed by atoms with E-state index in [1.165, 1.54) is 0 Å². The average molecular weight is 376 g/mol. The lowest BCUT2D eigenvalue weighted by Gasteiger charge is -2.37. The minimum absolute atomic E-state index is 0.00911. The molecule has 3 N–H and O–H groups in total. The number of ether oxygens (including phenoxy) is 1. The molecule has 2 rings (SSSR count). The number of piperidine rings is 1. The van der Waals surface area contributed by atoms with E-state index < -0.39 is 6.04 Å². The Kier molecular flexibility index (Phi) is 7.80. The highest BCUT2D eigenvalue weighted by Gasteiger charge is 2.34. The summed E-state index contributed by atoms with van der Waals surface area (Å²) >= 11 is 0. The SMILES string of the molecule is COCC1(CNC(=O)C(NC(=O)c2cccc(C)c2)C(C)C)CCNCC1. The second-order valence-corrected chi connectivity index (χ2v) is 7.97. The summed E-state index contributed by atoms with van der Waals surface area (Å²) in [6.07, 6.45) is 1.92. The third kappa shape index (κ3) is 6.04. The van der Waals surface area contributed by atoms with Gasteiger partial charge in [0.15, 0.2) is 0 Å². The molecular weight excluding hydrogens is 342 g/mol. The van der Waals surface area contributed by atoms with E-state index in [1.807, 2.05) is 39.0 Å². The molecule has 0 bridgehead atoms. The standard InChI is InChI=1S/C21H33N3O3/c1-15(2)18(24-19(25)17-7-5-6-16(3)12-17)20(26)23-13-21(14-27-4)8-10-22-11-9-21/h5-7,12,15,18,22H,8-11,13-14H2,1-4H3,(H,23,26)(H,24,25). The quantitative estimate of drug-likeness (QED) is 0.648. The Labute approximate surface area is 162 Å². The van der Waals surface area contributed by atoms with Crippen LogP contribution < -0.4 is 16.0 Å². The van der Waals surface area contributed by atoms with Crippen molar-refractivity contribution in [2.24, 2.45) is 11.3 Å². The third-order valence-electron chi connectivity index (χ3n) is 5.27. The molecule has 150 valence electrons. The summed E-state index contributed by atoms with van der Waals surface area (Å²) in [4.78, 5) is 25.4. The molecule has 0 saturated carbocycles.